The van der Waals surface area contributed by atoms with Gasteiger partial charge in [0, 0.05) is 17.0 Å². The second-order valence-electron chi connectivity index (χ2n) is 6.55. The van der Waals surface area contributed by atoms with Crippen molar-refractivity contribution in [2.24, 2.45) is 5.41 Å². The molecule has 2 fully saturated rings. The zero-order valence-electron chi connectivity index (χ0n) is 12.7. The van der Waals surface area contributed by atoms with E-state index in [2.05, 4.69) is 28.2 Å². The summed E-state index contributed by atoms with van der Waals surface area (Å²) in [4.78, 5) is 3.95. The van der Waals surface area contributed by atoms with Gasteiger partial charge in [-0.3, -0.25) is 4.90 Å². The van der Waals surface area contributed by atoms with E-state index in [0.29, 0.717) is 5.41 Å². The first-order valence-electron chi connectivity index (χ1n) is 8.20. The molecule has 1 aliphatic carbocycles. The molecule has 1 aromatic heterocycles. The highest BCUT2D eigenvalue weighted by Gasteiger charge is 2.35. The largest absolute Gasteiger partial charge is 0.384 e. The smallest absolute Gasteiger partial charge is 0.104 e. The molecule has 0 radical (unpaired) electrons. The minimum Gasteiger partial charge on any atom is -0.384 e. The molecule has 2 nitrogen and oxygen atoms in total. The summed E-state index contributed by atoms with van der Waals surface area (Å²) < 4.78 is 0. The van der Waals surface area contributed by atoms with Crippen LogP contribution in [0.15, 0.2) is 11.4 Å². The van der Waals surface area contributed by atoms with Crippen molar-refractivity contribution in [1.82, 2.24) is 4.90 Å². The predicted molar refractivity (Wildman–Crippen MR) is 88.3 cm³/mol. The maximum absolute atomic E-state index is 8.84. The van der Waals surface area contributed by atoms with E-state index in [0.717, 1.165) is 12.1 Å². The van der Waals surface area contributed by atoms with E-state index in [1.807, 2.05) is 0 Å². The summed E-state index contributed by atoms with van der Waals surface area (Å²) in [6, 6.07) is 2.08. The van der Waals surface area contributed by atoms with Crippen LogP contribution in [0.5, 0.6) is 0 Å². The van der Waals surface area contributed by atoms with E-state index < -0.39 is 0 Å². The molecule has 0 bridgehead atoms. The number of hydrogen-bond acceptors (Lipinski definition) is 3. The normalized spacial score (nSPS) is 22.0. The zero-order valence-corrected chi connectivity index (χ0v) is 13.6. The molecule has 1 saturated carbocycles. The van der Waals surface area contributed by atoms with Crippen LogP contribution in [0.1, 0.15) is 55.4 Å². The molecular weight excluding hydrogens is 278 g/mol. The maximum Gasteiger partial charge on any atom is 0.104 e. The average molecular weight is 303 g/mol. The number of aliphatic hydroxyl groups is 1. The topological polar surface area (TPSA) is 23.5 Å². The molecule has 0 amide bonds. The molecule has 1 N–H and O–H groups in total. The molecule has 21 heavy (non-hydrogen) atoms. The lowest BCUT2D eigenvalue weighted by Crippen LogP contribution is -2.40. The van der Waals surface area contributed by atoms with Crippen molar-refractivity contribution in [1.29, 1.82) is 0 Å². The molecule has 2 heterocycles. The van der Waals surface area contributed by atoms with Gasteiger partial charge in [-0.2, -0.15) is 0 Å². The summed E-state index contributed by atoms with van der Waals surface area (Å²) in [7, 11) is 0. The van der Waals surface area contributed by atoms with Crippen molar-refractivity contribution in [2.45, 2.75) is 51.5 Å². The van der Waals surface area contributed by atoms with E-state index in [4.69, 9.17) is 5.11 Å². The van der Waals surface area contributed by atoms with Gasteiger partial charge < -0.3 is 5.11 Å². The summed E-state index contributed by atoms with van der Waals surface area (Å²) >= 11 is 1.79. The molecule has 114 valence electrons. The fourth-order valence-electron chi connectivity index (χ4n) is 3.90. The van der Waals surface area contributed by atoms with Gasteiger partial charge in [-0.05, 0) is 55.6 Å². The van der Waals surface area contributed by atoms with Crippen molar-refractivity contribution in [2.75, 3.05) is 19.7 Å². The Bertz CT molecular complexity index is 509. The summed E-state index contributed by atoms with van der Waals surface area (Å²) in [6.07, 6.45) is 10.1. The number of likely N-dealkylation sites (tertiary alicyclic amines) is 1. The van der Waals surface area contributed by atoms with E-state index in [1.165, 1.54) is 62.9 Å². The van der Waals surface area contributed by atoms with Gasteiger partial charge in [0.2, 0.25) is 0 Å². The molecule has 3 rings (SSSR count). The lowest BCUT2D eigenvalue weighted by molar-refractivity contribution is 0.0646. The molecule has 1 aliphatic heterocycles. The highest BCUT2D eigenvalue weighted by Crippen LogP contribution is 2.44. The molecule has 1 aromatic rings. The van der Waals surface area contributed by atoms with Crippen molar-refractivity contribution in [3.63, 3.8) is 0 Å². The summed E-state index contributed by atoms with van der Waals surface area (Å²) in [6.45, 7) is 3.46. The van der Waals surface area contributed by atoms with Gasteiger partial charge >= 0.3 is 0 Å². The van der Waals surface area contributed by atoms with Crippen LogP contribution in [0, 0.1) is 17.3 Å². The molecule has 2 aliphatic rings. The number of hydrogen-bond donors (Lipinski definition) is 1. The van der Waals surface area contributed by atoms with Crippen molar-refractivity contribution < 1.29 is 5.11 Å². The third kappa shape index (κ3) is 3.69. The Morgan fingerprint density at radius 2 is 1.90 bits per heavy atom. The monoisotopic (exact) mass is 303 g/mol. The van der Waals surface area contributed by atoms with Gasteiger partial charge in [0.05, 0.1) is 0 Å². The Morgan fingerprint density at radius 1 is 1.14 bits per heavy atom. The third-order valence-electron chi connectivity index (χ3n) is 5.25. The molecule has 0 atom stereocenters. The van der Waals surface area contributed by atoms with Crippen molar-refractivity contribution in [3.8, 4) is 11.8 Å². The van der Waals surface area contributed by atoms with Gasteiger partial charge in [-0.1, -0.05) is 31.1 Å². The van der Waals surface area contributed by atoms with Crippen LogP contribution in [0.2, 0.25) is 0 Å². The van der Waals surface area contributed by atoms with Gasteiger partial charge in [-0.25, -0.2) is 0 Å². The SMILES string of the molecule is OCC#Cc1ccsc1CN1CCC2(CCCCC2)CC1. The Balaban J connectivity index is 1.57. The fraction of sp³-hybridized carbons (Fsp3) is 0.667. The molecule has 1 spiro atoms. The number of rotatable bonds is 2. The highest BCUT2D eigenvalue weighted by molar-refractivity contribution is 7.10. The van der Waals surface area contributed by atoms with Crippen LogP contribution >= 0.6 is 11.3 Å². The van der Waals surface area contributed by atoms with Crippen molar-refractivity contribution >= 4 is 11.3 Å². The predicted octanol–water partition coefficient (Wildman–Crippen LogP) is 3.64. The van der Waals surface area contributed by atoms with Crippen LogP contribution in [0.3, 0.4) is 0 Å². The van der Waals surface area contributed by atoms with Crippen LogP contribution in [0.25, 0.3) is 0 Å². The molecular formula is C18H25NOS. The van der Waals surface area contributed by atoms with Crippen LogP contribution in [-0.4, -0.2) is 29.7 Å². The number of piperidine rings is 1. The standard InChI is InChI=1S/C18H25NOS/c20-13-4-5-16-6-14-21-17(16)15-19-11-9-18(10-12-19)7-2-1-3-8-18/h6,14,20H,1-3,7-13,15H2. The van der Waals surface area contributed by atoms with Gasteiger partial charge in [0.1, 0.15) is 6.61 Å². The zero-order chi connectivity index (χ0) is 14.5. The lowest BCUT2D eigenvalue weighted by atomic mass is 9.68. The van der Waals surface area contributed by atoms with Crippen LogP contribution in [0.4, 0.5) is 0 Å². The lowest BCUT2D eigenvalue weighted by Gasteiger charge is -2.44. The van der Waals surface area contributed by atoms with E-state index >= 15 is 0 Å². The van der Waals surface area contributed by atoms with Gasteiger partial charge in [0.15, 0.2) is 0 Å². The number of aliphatic hydroxyl groups excluding tert-OH is 1. The van der Waals surface area contributed by atoms with Gasteiger partial charge in [-0.15, -0.1) is 11.3 Å². The minimum absolute atomic E-state index is 0.0540. The molecule has 0 aromatic carbocycles. The Labute approximate surface area is 132 Å². The first-order chi connectivity index (χ1) is 10.3. The summed E-state index contributed by atoms with van der Waals surface area (Å²) in [5.41, 5.74) is 1.79. The second-order valence-corrected chi connectivity index (χ2v) is 7.55. The third-order valence-corrected chi connectivity index (χ3v) is 6.15. The van der Waals surface area contributed by atoms with E-state index in [-0.39, 0.29) is 6.61 Å². The highest BCUT2D eigenvalue weighted by atomic mass is 32.1. The first-order valence-corrected chi connectivity index (χ1v) is 9.08. The summed E-state index contributed by atoms with van der Waals surface area (Å²) in [5, 5.41) is 11.0. The Kier molecular flexibility index (Phi) is 5.00. The molecule has 0 unspecified atom stereocenters. The quantitative estimate of drug-likeness (QED) is 0.843. The second kappa shape index (κ2) is 6.96. The van der Waals surface area contributed by atoms with Crippen LogP contribution < -0.4 is 0 Å². The number of thiophene rings is 1. The maximum atomic E-state index is 8.84. The Morgan fingerprint density at radius 3 is 2.62 bits per heavy atom. The molecule has 3 heteroatoms. The summed E-state index contributed by atoms with van der Waals surface area (Å²) in [5.74, 6) is 5.84. The minimum atomic E-state index is -0.0540. The average Bonchev–Trinajstić information content (AvgIpc) is 2.96. The van der Waals surface area contributed by atoms with Crippen LogP contribution in [-0.2, 0) is 6.54 Å². The Hall–Kier alpha value is -0.820. The molecule has 1 saturated heterocycles. The fourth-order valence-corrected chi connectivity index (χ4v) is 4.77. The van der Waals surface area contributed by atoms with Crippen molar-refractivity contribution in [3.05, 3.63) is 21.9 Å². The van der Waals surface area contributed by atoms with E-state index in [1.54, 1.807) is 11.3 Å². The van der Waals surface area contributed by atoms with Gasteiger partial charge in [0.25, 0.3) is 0 Å². The number of nitrogens with zero attached hydrogens (tertiary/aromatic N) is 1. The van der Waals surface area contributed by atoms with E-state index in [9.17, 15) is 0 Å². The first kappa shape index (κ1) is 15.1.